The first-order valence-corrected chi connectivity index (χ1v) is 6.97. The maximum absolute atomic E-state index is 12.3. The average molecular weight is 261 g/mol. The third kappa shape index (κ3) is 3.27. The Hall–Kier alpha value is -0.920. The van der Waals surface area contributed by atoms with Crippen molar-refractivity contribution in [3.05, 3.63) is 12.4 Å². The van der Waals surface area contributed by atoms with Crippen molar-refractivity contribution in [3.8, 4) is 0 Å². The van der Waals surface area contributed by atoms with Gasteiger partial charge in [-0.15, -0.1) is 0 Å². The molecule has 0 aromatic carbocycles. The van der Waals surface area contributed by atoms with Gasteiger partial charge in [-0.25, -0.2) is 8.42 Å². The highest BCUT2D eigenvalue weighted by atomic mass is 32.2. The van der Waals surface area contributed by atoms with Crippen molar-refractivity contribution < 1.29 is 13.2 Å². The van der Waals surface area contributed by atoms with Crippen molar-refractivity contribution in [2.24, 2.45) is 0 Å². The molecule has 1 unspecified atom stereocenters. The molecule has 1 atom stereocenters. The van der Waals surface area contributed by atoms with Gasteiger partial charge in [-0.2, -0.15) is 9.40 Å². The molecule has 1 aromatic rings. The molecule has 0 aliphatic heterocycles. The first-order chi connectivity index (χ1) is 8.04. The van der Waals surface area contributed by atoms with E-state index in [-0.39, 0.29) is 10.9 Å². The summed E-state index contributed by atoms with van der Waals surface area (Å²) >= 11 is 0. The topological polar surface area (TPSA) is 75.3 Å². The Morgan fingerprint density at radius 3 is 2.76 bits per heavy atom. The summed E-state index contributed by atoms with van der Waals surface area (Å²) in [4.78, 5) is 0.189. The standard InChI is InChI=1S/C10H19N3O3S/c1-4-9(2)13(5-6-16-3)17(14,15)10-7-11-12-8-10/h7-9H,4-6H2,1-3H3,(H,11,12). The van der Waals surface area contributed by atoms with Gasteiger partial charge in [-0.3, -0.25) is 5.10 Å². The molecule has 0 spiro atoms. The summed E-state index contributed by atoms with van der Waals surface area (Å²) < 4.78 is 31.0. The predicted molar refractivity (Wildman–Crippen MR) is 64.1 cm³/mol. The van der Waals surface area contributed by atoms with Gasteiger partial charge in [0.25, 0.3) is 0 Å². The van der Waals surface area contributed by atoms with Gasteiger partial charge in [0, 0.05) is 25.9 Å². The number of hydrogen-bond acceptors (Lipinski definition) is 4. The average Bonchev–Trinajstić information content (AvgIpc) is 2.83. The minimum atomic E-state index is -3.48. The number of sulfonamides is 1. The van der Waals surface area contributed by atoms with Gasteiger partial charge in [0.2, 0.25) is 10.0 Å². The lowest BCUT2D eigenvalue weighted by atomic mass is 10.3. The van der Waals surface area contributed by atoms with Crippen molar-refractivity contribution in [3.63, 3.8) is 0 Å². The van der Waals surface area contributed by atoms with E-state index < -0.39 is 10.0 Å². The second-order valence-electron chi connectivity index (χ2n) is 3.80. The van der Waals surface area contributed by atoms with Gasteiger partial charge in [-0.05, 0) is 13.3 Å². The lowest BCUT2D eigenvalue weighted by molar-refractivity contribution is 0.167. The van der Waals surface area contributed by atoms with Crippen molar-refractivity contribution in [2.45, 2.75) is 31.2 Å². The van der Waals surface area contributed by atoms with Crippen LogP contribution in [0.3, 0.4) is 0 Å². The summed E-state index contributed by atoms with van der Waals surface area (Å²) in [5, 5.41) is 6.19. The molecule has 0 amide bonds. The minimum absolute atomic E-state index is 0.0648. The number of rotatable bonds is 7. The molecule has 0 saturated carbocycles. The molecular formula is C10H19N3O3S. The number of hydrogen-bond donors (Lipinski definition) is 1. The molecule has 0 aliphatic carbocycles. The zero-order valence-electron chi connectivity index (χ0n) is 10.4. The Balaban J connectivity index is 2.96. The fourth-order valence-corrected chi connectivity index (χ4v) is 3.07. The lowest BCUT2D eigenvalue weighted by Crippen LogP contribution is -2.40. The minimum Gasteiger partial charge on any atom is -0.383 e. The van der Waals surface area contributed by atoms with Gasteiger partial charge in [0.15, 0.2) is 0 Å². The SMILES string of the molecule is CCC(C)N(CCOC)S(=O)(=O)c1cn[nH]c1. The van der Waals surface area contributed by atoms with Gasteiger partial charge in [-0.1, -0.05) is 6.92 Å². The Labute approximate surface area is 102 Å². The molecule has 1 rings (SSSR count). The predicted octanol–water partition coefficient (Wildman–Crippen LogP) is 0.845. The molecule has 0 fully saturated rings. The number of ether oxygens (including phenoxy) is 1. The molecule has 6 nitrogen and oxygen atoms in total. The summed E-state index contributed by atoms with van der Waals surface area (Å²) in [6.45, 7) is 4.56. The lowest BCUT2D eigenvalue weighted by Gasteiger charge is -2.26. The monoisotopic (exact) mass is 261 g/mol. The molecule has 1 aromatic heterocycles. The molecule has 0 aliphatic rings. The Kier molecular flexibility index (Phi) is 5.10. The molecular weight excluding hydrogens is 242 g/mol. The maximum Gasteiger partial charge on any atom is 0.246 e. The highest BCUT2D eigenvalue weighted by molar-refractivity contribution is 7.89. The van der Waals surface area contributed by atoms with Crippen LogP contribution in [-0.4, -0.2) is 49.2 Å². The van der Waals surface area contributed by atoms with E-state index in [1.165, 1.54) is 16.7 Å². The number of methoxy groups -OCH3 is 1. The third-order valence-corrected chi connectivity index (χ3v) is 4.66. The van der Waals surface area contributed by atoms with Crippen LogP contribution in [0.5, 0.6) is 0 Å². The normalized spacial score (nSPS) is 14.1. The number of H-pyrrole nitrogens is 1. The molecule has 0 saturated heterocycles. The van der Waals surface area contributed by atoms with Crippen molar-refractivity contribution >= 4 is 10.0 Å². The summed E-state index contributed by atoms with van der Waals surface area (Å²) in [6, 6.07) is -0.0648. The van der Waals surface area contributed by atoms with Crippen LogP contribution < -0.4 is 0 Å². The molecule has 1 N–H and O–H groups in total. The van der Waals surface area contributed by atoms with E-state index >= 15 is 0 Å². The van der Waals surface area contributed by atoms with Crippen LogP contribution in [0.2, 0.25) is 0 Å². The van der Waals surface area contributed by atoms with Gasteiger partial charge in [0.05, 0.1) is 12.8 Å². The largest absolute Gasteiger partial charge is 0.383 e. The van der Waals surface area contributed by atoms with Crippen LogP contribution in [0, 0.1) is 0 Å². The number of nitrogens with zero attached hydrogens (tertiary/aromatic N) is 2. The van der Waals surface area contributed by atoms with E-state index in [0.717, 1.165) is 6.42 Å². The summed E-state index contributed by atoms with van der Waals surface area (Å²) in [5.41, 5.74) is 0. The highest BCUT2D eigenvalue weighted by Crippen LogP contribution is 2.17. The third-order valence-electron chi connectivity index (χ3n) is 2.68. The highest BCUT2D eigenvalue weighted by Gasteiger charge is 2.28. The van der Waals surface area contributed by atoms with Crippen molar-refractivity contribution in [2.75, 3.05) is 20.3 Å². The summed E-state index contributed by atoms with van der Waals surface area (Å²) in [6.07, 6.45) is 3.45. The molecule has 7 heteroatoms. The van der Waals surface area contributed by atoms with Crippen LogP contribution in [0.25, 0.3) is 0 Å². The van der Waals surface area contributed by atoms with Crippen LogP contribution in [0.1, 0.15) is 20.3 Å². The number of aromatic amines is 1. The molecule has 98 valence electrons. The fourth-order valence-electron chi connectivity index (χ4n) is 1.48. The first-order valence-electron chi connectivity index (χ1n) is 5.53. The molecule has 17 heavy (non-hydrogen) atoms. The second-order valence-corrected chi connectivity index (χ2v) is 5.69. The maximum atomic E-state index is 12.3. The fraction of sp³-hybridized carbons (Fsp3) is 0.700. The smallest absolute Gasteiger partial charge is 0.246 e. The van der Waals surface area contributed by atoms with E-state index in [2.05, 4.69) is 10.2 Å². The first kappa shape index (κ1) is 14.1. The van der Waals surface area contributed by atoms with E-state index in [4.69, 9.17) is 4.74 Å². The number of aromatic nitrogens is 2. The molecule has 0 bridgehead atoms. The summed E-state index contributed by atoms with van der Waals surface area (Å²) in [7, 11) is -1.93. The van der Waals surface area contributed by atoms with Gasteiger partial charge >= 0.3 is 0 Å². The van der Waals surface area contributed by atoms with E-state index in [1.807, 2.05) is 13.8 Å². The quantitative estimate of drug-likeness (QED) is 0.789. The van der Waals surface area contributed by atoms with Crippen LogP contribution >= 0.6 is 0 Å². The van der Waals surface area contributed by atoms with Crippen molar-refractivity contribution in [1.82, 2.24) is 14.5 Å². The molecule has 1 heterocycles. The van der Waals surface area contributed by atoms with E-state index in [0.29, 0.717) is 13.2 Å². The van der Waals surface area contributed by atoms with Crippen LogP contribution in [0.4, 0.5) is 0 Å². The number of nitrogens with one attached hydrogen (secondary N) is 1. The Morgan fingerprint density at radius 2 is 2.29 bits per heavy atom. The van der Waals surface area contributed by atoms with Crippen LogP contribution in [0.15, 0.2) is 17.3 Å². The van der Waals surface area contributed by atoms with E-state index in [1.54, 1.807) is 7.11 Å². The Morgan fingerprint density at radius 1 is 1.59 bits per heavy atom. The second kappa shape index (κ2) is 6.13. The van der Waals surface area contributed by atoms with E-state index in [9.17, 15) is 8.42 Å². The van der Waals surface area contributed by atoms with Crippen molar-refractivity contribution in [1.29, 1.82) is 0 Å². The molecule has 0 radical (unpaired) electrons. The summed E-state index contributed by atoms with van der Waals surface area (Å²) in [5.74, 6) is 0. The Bertz CT molecular complexity index is 416. The van der Waals surface area contributed by atoms with Gasteiger partial charge in [0.1, 0.15) is 4.90 Å². The van der Waals surface area contributed by atoms with Gasteiger partial charge < -0.3 is 4.74 Å². The zero-order chi connectivity index (χ0) is 12.9. The zero-order valence-corrected chi connectivity index (χ0v) is 11.2. The van der Waals surface area contributed by atoms with Crippen LogP contribution in [-0.2, 0) is 14.8 Å².